The average Bonchev–Trinajstić information content (AvgIpc) is 3.60. The van der Waals surface area contributed by atoms with Gasteiger partial charge in [-0.25, -0.2) is 14.4 Å². The number of halogens is 2. The van der Waals surface area contributed by atoms with Crippen molar-refractivity contribution < 1.29 is 4.39 Å². The van der Waals surface area contributed by atoms with E-state index in [1.54, 1.807) is 0 Å². The molecule has 1 aliphatic carbocycles. The minimum Gasteiger partial charge on any atom is -0.351 e. The van der Waals surface area contributed by atoms with Crippen molar-refractivity contribution in [3.05, 3.63) is 65.2 Å². The topological polar surface area (TPSA) is 49.2 Å². The van der Waals surface area contributed by atoms with Crippen LogP contribution in [0, 0.1) is 18.7 Å². The molecule has 2 aromatic heterocycles. The SMILES string of the molecule is Cc1nc2c(N3CC(N(C)C)C3)nc3c(F)c(-c4cccc5ccccc45)c(Cl)cc3c2n1C1C2CNC1C2. The normalized spacial score (nSPS) is 22.8. The van der Waals surface area contributed by atoms with Gasteiger partial charge in [0, 0.05) is 42.7 Å². The number of nitrogens with one attached hydrogen (secondary N) is 1. The van der Waals surface area contributed by atoms with E-state index >= 15 is 4.39 Å². The van der Waals surface area contributed by atoms with Crippen molar-refractivity contribution in [1.82, 2.24) is 24.8 Å². The number of aromatic nitrogens is 3. The summed E-state index contributed by atoms with van der Waals surface area (Å²) in [5.74, 6) is 1.91. The Bertz CT molecular complexity index is 1790. The highest BCUT2D eigenvalue weighted by Crippen LogP contribution is 2.48. The standard InChI is InChI=1S/C31H30ClFN6/c1-16-35-28-30(39(16)29-18-11-24(29)34-13-18)22-12-23(32)25(21-10-6-8-17-7-4-5-9-20(17)21)26(33)27(22)36-31(28)38-14-19(15-38)37(2)3/h4-10,12,18-19,24,29,34H,11,13-15H2,1-3H3. The van der Waals surface area contributed by atoms with Gasteiger partial charge in [-0.15, -0.1) is 0 Å². The van der Waals surface area contributed by atoms with E-state index in [1.165, 1.54) is 6.42 Å². The average molecular weight is 541 g/mol. The van der Waals surface area contributed by atoms with Crippen LogP contribution in [0.2, 0.25) is 5.02 Å². The summed E-state index contributed by atoms with van der Waals surface area (Å²) in [6.45, 7) is 4.76. The first kappa shape index (κ1) is 23.6. The van der Waals surface area contributed by atoms with E-state index < -0.39 is 0 Å². The molecule has 3 atom stereocenters. The number of pyridine rings is 1. The van der Waals surface area contributed by atoms with E-state index in [0.717, 1.165) is 64.0 Å². The third-order valence-corrected chi connectivity index (χ3v) is 9.61. The molecule has 3 aromatic carbocycles. The summed E-state index contributed by atoms with van der Waals surface area (Å²) >= 11 is 6.97. The lowest BCUT2D eigenvalue weighted by Gasteiger charge is -2.43. The molecule has 5 heterocycles. The summed E-state index contributed by atoms with van der Waals surface area (Å²) in [7, 11) is 4.20. The Morgan fingerprint density at radius 2 is 1.82 bits per heavy atom. The smallest absolute Gasteiger partial charge is 0.158 e. The molecule has 39 heavy (non-hydrogen) atoms. The molecule has 4 aliphatic rings. The van der Waals surface area contributed by atoms with E-state index in [1.807, 2.05) is 48.5 Å². The third kappa shape index (κ3) is 3.27. The Labute approximate surface area is 231 Å². The molecule has 1 saturated carbocycles. The van der Waals surface area contributed by atoms with Crippen molar-refractivity contribution >= 4 is 50.1 Å². The van der Waals surface area contributed by atoms with Gasteiger partial charge in [-0.05, 0) is 55.8 Å². The second kappa shape index (κ2) is 8.37. The number of anilines is 1. The van der Waals surface area contributed by atoms with Gasteiger partial charge in [0.2, 0.25) is 0 Å². The summed E-state index contributed by atoms with van der Waals surface area (Å²) in [6.07, 6.45) is 1.18. The Kier molecular flexibility index (Phi) is 5.07. The summed E-state index contributed by atoms with van der Waals surface area (Å²) < 4.78 is 19.2. The minimum absolute atomic E-state index is 0.318. The van der Waals surface area contributed by atoms with Crippen LogP contribution in [0.1, 0.15) is 18.3 Å². The lowest BCUT2D eigenvalue weighted by Crippen LogP contribution is -2.57. The van der Waals surface area contributed by atoms with E-state index in [4.69, 9.17) is 21.6 Å². The molecule has 8 heteroatoms. The molecule has 0 amide bonds. The number of likely N-dealkylation sites (N-methyl/N-ethyl adjacent to an activating group) is 1. The molecule has 9 rings (SSSR count). The van der Waals surface area contributed by atoms with Crippen LogP contribution in [0.3, 0.4) is 0 Å². The van der Waals surface area contributed by atoms with E-state index in [9.17, 15) is 0 Å². The lowest BCUT2D eigenvalue weighted by atomic mass is 9.79. The summed E-state index contributed by atoms with van der Waals surface area (Å²) in [5, 5.41) is 6.78. The number of imidazole rings is 1. The van der Waals surface area contributed by atoms with Crippen LogP contribution < -0.4 is 10.2 Å². The fourth-order valence-corrected chi connectivity index (χ4v) is 7.38. The largest absolute Gasteiger partial charge is 0.351 e. The maximum absolute atomic E-state index is 16.8. The van der Waals surface area contributed by atoms with Gasteiger partial charge in [0.05, 0.1) is 16.6 Å². The van der Waals surface area contributed by atoms with E-state index in [2.05, 4.69) is 40.7 Å². The molecular weight excluding hydrogens is 511 g/mol. The van der Waals surface area contributed by atoms with Crippen molar-refractivity contribution in [1.29, 1.82) is 0 Å². The van der Waals surface area contributed by atoms with Crippen LogP contribution in [0.25, 0.3) is 43.8 Å². The zero-order valence-corrected chi connectivity index (χ0v) is 23.0. The molecule has 5 aromatic rings. The van der Waals surface area contributed by atoms with Gasteiger partial charge >= 0.3 is 0 Å². The Balaban J connectivity index is 1.42. The molecule has 1 N–H and O–H groups in total. The van der Waals surface area contributed by atoms with E-state index in [0.29, 0.717) is 40.1 Å². The van der Waals surface area contributed by atoms with Gasteiger partial charge in [0.25, 0.3) is 0 Å². The molecule has 0 spiro atoms. The van der Waals surface area contributed by atoms with Gasteiger partial charge in [0.15, 0.2) is 11.6 Å². The van der Waals surface area contributed by atoms with E-state index in [-0.39, 0.29) is 5.82 Å². The molecule has 198 valence electrons. The second-order valence-corrected chi connectivity index (χ2v) is 12.1. The summed E-state index contributed by atoms with van der Waals surface area (Å²) in [6, 6.07) is 17.1. The van der Waals surface area contributed by atoms with Gasteiger partial charge in [-0.3, -0.25) is 0 Å². The predicted molar refractivity (Wildman–Crippen MR) is 156 cm³/mol. The Morgan fingerprint density at radius 3 is 2.56 bits per heavy atom. The zero-order chi connectivity index (χ0) is 26.6. The first-order valence-electron chi connectivity index (χ1n) is 13.7. The van der Waals surface area contributed by atoms with Crippen LogP contribution >= 0.6 is 11.6 Å². The molecule has 2 bridgehead atoms. The molecule has 4 fully saturated rings. The first-order chi connectivity index (χ1) is 18.9. The lowest BCUT2D eigenvalue weighted by molar-refractivity contribution is 0.222. The van der Waals surface area contributed by atoms with Crippen LogP contribution in [0.4, 0.5) is 10.2 Å². The molecule has 3 aliphatic heterocycles. The fraction of sp³-hybridized carbons (Fsp3) is 0.355. The molecule has 6 nitrogen and oxygen atoms in total. The molecule has 3 saturated heterocycles. The maximum atomic E-state index is 16.8. The number of benzene rings is 3. The third-order valence-electron chi connectivity index (χ3n) is 9.31. The predicted octanol–water partition coefficient (Wildman–Crippen LogP) is 5.79. The van der Waals surface area contributed by atoms with Crippen LogP contribution in [0.15, 0.2) is 48.5 Å². The van der Waals surface area contributed by atoms with Crippen LogP contribution in [-0.2, 0) is 0 Å². The van der Waals surface area contributed by atoms with Crippen molar-refractivity contribution in [2.45, 2.75) is 31.5 Å². The highest BCUT2D eigenvalue weighted by Gasteiger charge is 2.49. The quantitative estimate of drug-likeness (QED) is 0.313. The van der Waals surface area contributed by atoms with Crippen molar-refractivity contribution in [3.8, 4) is 11.1 Å². The number of hydrogen-bond acceptors (Lipinski definition) is 5. The zero-order valence-electron chi connectivity index (χ0n) is 22.2. The molecule has 0 radical (unpaired) electrons. The second-order valence-electron chi connectivity index (χ2n) is 11.7. The summed E-state index contributed by atoms with van der Waals surface area (Å²) in [4.78, 5) is 14.6. The maximum Gasteiger partial charge on any atom is 0.158 e. The van der Waals surface area contributed by atoms with Gasteiger partial charge < -0.3 is 19.7 Å². The number of hydrogen-bond donors (Lipinski definition) is 1. The minimum atomic E-state index is -0.373. The fourth-order valence-electron chi connectivity index (χ4n) is 7.08. The first-order valence-corrected chi connectivity index (χ1v) is 14.1. The Hall–Kier alpha value is -3.26. The van der Waals surface area contributed by atoms with Crippen molar-refractivity contribution in [3.63, 3.8) is 0 Å². The van der Waals surface area contributed by atoms with Crippen molar-refractivity contribution in [2.75, 3.05) is 38.6 Å². The van der Waals surface area contributed by atoms with Crippen LogP contribution in [-0.4, -0.2) is 65.2 Å². The van der Waals surface area contributed by atoms with Gasteiger partial charge in [-0.1, -0.05) is 54.1 Å². The van der Waals surface area contributed by atoms with Gasteiger partial charge in [0.1, 0.15) is 16.9 Å². The number of rotatable bonds is 4. The number of nitrogens with zero attached hydrogens (tertiary/aromatic N) is 5. The van der Waals surface area contributed by atoms with Gasteiger partial charge in [-0.2, -0.15) is 0 Å². The highest BCUT2D eigenvalue weighted by molar-refractivity contribution is 6.35. The highest BCUT2D eigenvalue weighted by atomic mass is 35.5. The number of fused-ring (bicyclic) bond motifs is 5. The monoisotopic (exact) mass is 540 g/mol. The van der Waals surface area contributed by atoms with Crippen LogP contribution in [0.5, 0.6) is 0 Å². The number of aryl methyl sites for hydroxylation is 1. The molecule has 3 unspecified atom stereocenters. The Morgan fingerprint density at radius 1 is 1.03 bits per heavy atom. The summed E-state index contributed by atoms with van der Waals surface area (Å²) in [5.41, 5.74) is 3.34. The van der Waals surface area contributed by atoms with Crippen molar-refractivity contribution in [2.24, 2.45) is 5.92 Å². The molecular formula is C31H30ClFN6.